The summed E-state index contributed by atoms with van der Waals surface area (Å²) in [5.41, 5.74) is 2.70. The van der Waals surface area contributed by atoms with Crippen LogP contribution in [0.4, 0.5) is 0 Å². The molecule has 0 aliphatic carbocycles. The highest BCUT2D eigenvalue weighted by atomic mass is 16.3. The normalized spacial score (nSPS) is 10.3. The van der Waals surface area contributed by atoms with Crippen LogP contribution < -0.4 is 10.6 Å². The summed E-state index contributed by atoms with van der Waals surface area (Å²) < 4.78 is 0. The van der Waals surface area contributed by atoms with E-state index in [1.165, 1.54) is 0 Å². The molecule has 4 heteroatoms. The summed E-state index contributed by atoms with van der Waals surface area (Å²) in [5, 5.41) is 15.8. The van der Waals surface area contributed by atoms with Gasteiger partial charge in [-0.2, -0.15) is 0 Å². The Bertz CT molecular complexity index is 597. The number of carbonyl (C=O) groups excluding carboxylic acids is 1. The molecule has 4 nitrogen and oxygen atoms in total. The minimum atomic E-state index is -0.0639. The molecule has 3 N–H and O–H groups in total. The number of carbonyl (C=O) groups is 1. The third kappa shape index (κ3) is 4.61. The number of para-hydroxylation sites is 1. The van der Waals surface area contributed by atoms with Crippen molar-refractivity contribution in [3.63, 3.8) is 0 Å². The Hall–Kier alpha value is -2.33. The molecule has 1 amide bonds. The van der Waals surface area contributed by atoms with Crippen LogP contribution in [0.15, 0.2) is 48.5 Å². The summed E-state index contributed by atoms with van der Waals surface area (Å²) in [6.45, 7) is 3.06. The monoisotopic (exact) mass is 284 g/mol. The Balaban J connectivity index is 1.73. The van der Waals surface area contributed by atoms with Gasteiger partial charge in [-0.1, -0.05) is 48.5 Å². The van der Waals surface area contributed by atoms with Crippen molar-refractivity contribution in [3.05, 3.63) is 65.2 Å². The summed E-state index contributed by atoms with van der Waals surface area (Å²) in [5.74, 6) is 0.223. The Morgan fingerprint density at radius 3 is 2.57 bits per heavy atom. The second-order valence-corrected chi connectivity index (χ2v) is 4.95. The fourth-order valence-electron chi connectivity index (χ4n) is 2.03. The van der Waals surface area contributed by atoms with Crippen molar-refractivity contribution in [2.45, 2.75) is 20.0 Å². The molecule has 2 aromatic rings. The molecule has 0 aliphatic rings. The standard InChI is InChI=1S/C17H20N2O2/c1-13-6-5-9-15(17(13)21)11-18-12-16(20)19-10-14-7-3-2-4-8-14/h2-9,18,21H,10-12H2,1H3,(H,19,20). The summed E-state index contributed by atoms with van der Waals surface area (Å²) in [6, 6.07) is 15.4. The van der Waals surface area contributed by atoms with Gasteiger partial charge in [0.15, 0.2) is 0 Å². The van der Waals surface area contributed by atoms with Crippen LogP contribution in [0.2, 0.25) is 0 Å². The van der Waals surface area contributed by atoms with Gasteiger partial charge in [0.2, 0.25) is 5.91 Å². The fraction of sp³-hybridized carbons (Fsp3) is 0.235. The van der Waals surface area contributed by atoms with Gasteiger partial charge < -0.3 is 15.7 Å². The van der Waals surface area contributed by atoms with Gasteiger partial charge in [0.25, 0.3) is 0 Å². The van der Waals surface area contributed by atoms with Gasteiger partial charge in [-0.05, 0) is 18.1 Å². The molecule has 0 heterocycles. The first-order chi connectivity index (χ1) is 10.2. The van der Waals surface area contributed by atoms with Gasteiger partial charge in [0.05, 0.1) is 6.54 Å². The van der Waals surface area contributed by atoms with Crippen LogP contribution in [0.1, 0.15) is 16.7 Å². The van der Waals surface area contributed by atoms with E-state index >= 15 is 0 Å². The zero-order valence-electron chi connectivity index (χ0n) is 12.1. The largest absolute Gasteiger partial charge is 0.507 e. The number of aromatic hydroxyl groups is 1. The molecule has 0 saturated carbocycles. The van der Waals surface area contributed by atoms with Crippen LogP contribution in [-0.2, 0) is 17.9 Å². The maximum atomic E-state index is 11.7. The maximum absolute atomic E-state index is 11.7. The Morgan fingerprint density at radius 2 is 1.81 bits per heavy atom. The predicted octanol–water partition coefficient (Wildman–Crippen LogP) is 2.11. The van der Waals surface area contributed by atoms with Crippen molar-refractivity contribution in [2.24, 2.45) is 0 Å². The molecule has 2 aromatic carbocycles. The second-order valence-electron chi connectivity index (χ2n) is 4.95. The average molecular weight is 284 g/mol. The first kappa shape index (κ1) is 15.1. The number of benzene rings is 2. The highest BCUT2D eigenvalue weighted by Crippen LogP contribution is 2.20. The summed E-state index contributed by atoms with van der Waals surface area (Å²) in [6.07, 6.45) is 0. The second kappa shape index (κ2) is 7.45. The lowest BCUT2D eigenvalue weighted by molar-refractivity contribution is -0.120. The molecule has 0 radical (unpaired) electrons. The van der Waals surface area contributed by atoms with E-state index in [4.69, 9.17) is 0 Å². The van der Waals surface area contributed by atoms with Gasteiger partial charge >= 0.3 is 0 Å². The van der Waals surface area contributed by atoms with Crippen LogP contribution in [0, 0.1) is 6.92 Å². The zero-order chi connectivity index (χ0) is 15.1. The van der Waals surface area contributed by atoms with Crippen molar-refractivity contribution >= 4 is 5.91 Å². The quantitative estimate of drug-likeness (QED) is 0.761. The van der Waals surface area contributed by atoms with Crippen molar-refractivity contribution in [3.8, 4) is 5.75 Å². The van der Waals surface area contributed by atoms with Crippen molar-refractivity contribution in [1.82, 2.24) is 10.6 Å². The molecule has 2 rings (SSSR count). The lowest BCUT2D eigenvalue weighted by Gasteiger charge is -2.09. The van der Waals surface area contributed by atoms with E-state index in [-0.39, 0.29) is 18.2 Å². The average Bonchev–Trinajstić information content (AvgIpc) is 2.50. The van der Waals surface area contributed by atoms with Crippen LogP contribution in [-0.4, -0.2) is 17.6 Å². The molecule has 0 spiro atoms. The Labute approximate surface area is 124 Å². The molecular formula is C17H20N2O2. The molecular weight excluding hydrogens is 264 g/mol. The number of aryl methyl sites for hydroxylation is 1. The first-order valence-electron chi connectivity index (χ1n) is 6.95. The highest BCUT2D eigenvalue weighted by Gasteiger charge is 2.05. The molecule has 0 bridgehead atoms. The highest BCUT2D eigenvalue weighted by molar-refractivity contribution is 5.77. The molecule has 0 aliphatic heterocycles. The van der Waals surface area contributed by atoms with E-state index < -0.39 is 0 Å². The van der Waals surface area contributed by atoms with Crippen LogP contribution in [0.25, 0.3) is 0 Å². The molecule has 110 valence electrons. The third-order valence-electron chi connectivity index (χ3n) is 3.25. The third-order valence-corrected chi connectivity index (χ3v) is 3.25. The van der Waals surface area contributed by atoms with Crippen LogP contribution in [0.3, 0.4) is 0 Å². The van der Waals surface area contributed by atoms with E-state index in [2.05, 4.69) is 10.6 Å². The lowest BCUT2D eigenvalue weighted by atomic mass is 10.1. The first-order valence-corrected chi connectivity index (χ1v) is 6.95. The zero-order valence-corrected chi connectivity index (χ0v) is 12.1. The van der Waals surface area contributed by atoms with Crippen LogP contribution in [0.5, 0.6) is 5.75 Å². The van der Waals surface area contributed by atoms with Gasteiger partial charge in [0.1, 0.15) is 5.75 Å². The van der Waals surface area contributed by atoms with E-state index in [0.717, 1.165) is 16.7 Å². The van der Waals surface area contributed by atoms with Crippen LogP contribution >= 0.6 is 0 Å². The van der Waals surface area contributed by atoms with Gasteiger partial charge in [-0.3, -0.25) is 4.79 Å². The molecule has 0 saturated heterocycles. The number of phenols is 1. The lowest BCUT2D eigenvalue weighted by Crippen LogP contribution is -2.33. The maximum Gasteiger partial charge on any atom is 0.234 e. The van der Waals surface area contributed by atoms with Gasteiger partial charge in [0, 0.05) is 18.7 Å². The number of amides is 1. The predicted molar refractivity (Wildman–Crippen MR) is 82.8 cm³/mol. The summed E-state index contributed by atoms with van der Waals surface area (Å²) in [7, 11) is 0. The SMILES string of the molecule is Cc1cccc(CNCC(=O)NCc2ccccc2)c1O. The molecule has 0 atom stereocenters. The number of rotatable bonds is 6. The van der Waals surface area contributed by atoms with Crippen molar-refractivity contribution in [2.75, 3.05) is 6.54 Å². The number of nitrogens with one attached hydrogen (secondary N) is 2. The molecule has 21 heavy (non-hydrogen) atoms. The minimum Gasteiger partial charge on any atom is -0.507 e. The molecule has 0 unspecified atom stereocenters. The Kier molecular flexibility index (Phi) is 5.35. The van der Waals surface area contributed by atoms with E-state index in [1.54, 1.807) is 0 Å². The van der Waals surface area contributed by atoms with E-state index in [9.17, 15) is 9.90 Å². The smallest absolute Gasteiger partial charge is 0.234 e. The number of phenolic OH excluding ortho intramolecular Hbond substituents is 1. The van der Waals surface area contributed by atoms with Crippen molar-refractivity contribution < 1.29 is 9.90 Å². The van der Waals surface area contributed by atoms with E-state index in [1.807, 2.05) is 55.5 Å². The number of hydrogen-bond acceptors (Lipinski definition) is 3. The molecule has 0 aromatic heterocycles. The number of hydrogen-bond donors (Lipinski definition) is 3. The fourth-order valence-corrected chi connectivity index (χ4v) is 2.03. The van der Waals surface area contributed by atoms with Crippen molar-refractivity contribution in [1.29, 1.82) is 0 Å². The Morgan fingerprint density at radius 1 is 1.05 bits per heavy atom. The topological polar surface area (TPSA) is 61.4 Å². The van der Waals surface area contributed by atoms with Gasteiger partial charge in [-0.15, -0.1) is 0 Å². The van der Waals surface area contributed by atoms with E-state index in [0.29, 0.717) is 13.1 Å². The minimum absolute atomic E-state index is 0.0639. The molecule has 0 fully saturated rings. The summed E-state index contributed by atoms with van der Waals surface area (Å²) >= 11 is 0. The van der Waals surface area contributed by atoms with Gasteiger partial charge in [-0.25, -0.2) is 0 Å². The summed E-state index contributed by atoms with van der Waals surface area (Å²) in [4.78, 5) is 11.7.